The molecule has 0 aliphatic carbocycles. The molecule has 0 amide bonds. The molecule has 1 aromatic heterocycles. The van der Waals surface area contributed by atoms with Crippen LogP contribution in [0.5, 0.6) is 0 Å². The van der Waals surface area contributed by atoms with Gasteiger partial charge in [0, 0.05) is 12.1 Å². The second kappa shape index (κ2) is 3.73. The van der Waals surface area contributed by atoms with Gasteiger partial charge < -0.3 is 10.2 Å². The van der Waals surface area contributed by atoms with Crippen LogP contribution >= 0.6 is 12.2 Å². The molecule has 0 atom stereocenters. The van der Waals surface area contributed by atoms with Crippen molar-refractivity contribution in [2.75, 3.05) is 0 Å². The molecular weight excluding hydrogens is 198 g/mol. The van der Waals surface area contributed by atoms with Gasteiger partial charge >= 0.3 is 0 Å². The molecule has 0 aliphatic rings. The zero-order valence-corrected chi connectivity index (χ0v) is 8.17. The first-order chi connectivity index (χ1) is 6.79. The molecule has 4 nitrogen and oxygen atoms in total. The lowest BCUT2D eigenvalue weighted by Gasteiger charge is -1.98. The molecule has 0 radical (unpaired) electrons. The van der Waals surface area contributed by atoms with E-state index in [2.05, 4.69) is 10.2 Å². The Morgan fingerprint density at radius 2 is 2.36 bits per heavy atom. The Morgan fingerprint density at radius 3 is 3.00 bits per heavy atom. The number of hydrogen-bond acceptors (Lipinski definition) is 4. The summed E-state index contributed by atoms with van der Waals surface area (Å²) in [4.78, 5) is 0.276. The molecule has 0 saturated heterocycles. The molecule has 2 rings (SSSR count). The Morgan fingerprint density at radius 1 is 1.50 bits per heavy atom. The normalized spacial score (nSPS) is 10.4. The molecule has 5 heteroatoms. The number of aromatic nitrogens is 2. The summed E-state index contributed by atoms with van der Waals surface area (Å²) >= 11 is 4.78. The van der Waals surface area contributed by atoms with Crippen molar-refractivity contribution in [1.29, 1.82) is 0 Å². The summed E-state index contributed by atoms with van der Waals surface area (Å²) in [6.07, 6.45) is 0. The van der Waals surface area contributed by atoms with E-state index in [1.54, 1.807) is 0 Å². The first-order valence-electron chi connectivity index (χ1n) is 4.14. The summed E-state index contributed by atoms with van der Waals surface area (Å²) in [5.41, 5.74) is 7.43. The Kier molecular flexibility index (Phi) is 2.43. The molecule has 3 N–H and O–H groups in total. The van der Waals surface area contributed by atoms with Crippen molar-refractivity contribution in [1.82, 2.24) is 10.2 Å². The lowest BCUT2D eigenvalue weighted by Crippen LogP contribution is -1.95. The molecule has 0 spiro atoms. The van der Waals surface area contributed by atoms with Crippen molar-refractivity contribution >= 4 is 12.2 Å². The van der Waals surface area contributed by atoms with Crippen molar-refractivity contribution < 1.29 is 4.42 Å². The van der Waals surface area contributed by atoms with Crippen molar-refractivity contribution in [3.8, 4) is 11.5 Å². The smallest absolute Gasteiger partial charge is 0.284 e. The van der Waals surface area contributed by atoms with Gasteiger partial charge in [-0.2, -0.15) is 0 Å². The summed E-state index contributed by atoms with van der Waals surface area (Å²) in [7, 11) is 0. The van der Waals surface area contributed by atoms with Crippen LogP contribution in [0, 0.1) is 4.84 Å². The number of H-pyrrole nitrogens is 1. The van der Waals surface area contributed by atoms with Crippen LogP contribution in [-0.4, -0.2) is 10.2 Å². The Balaban J connectivity index is 2.46. The molecule has 0 saturated carbocycles. The summed E-state index contributed by atoms with van der Waals surface area (Å²) < 4.78 is 5.18. The Hall–Kier alpha value is -1.46. The van der Waals surface area contributed by atoms with Crippen LogP contribution < -0.4 is 5.73 Å². The van der Waals surface area contributed by atoms with E-state index in [0.29, 0.717) is 12.4 Å². The maximum atomic E-state index is 5.52. The van der Waals surface area contributed by atoms with Crippen LogP contribution in [0.15, 0.2) is 28.7 Å². The topological polar surface area (TPSA) is 67.8 Å². The highest BCUT2D eigenvalue weighted by Crippen LogP contribution is 2.17. The zero-order valence-electron chi connectivity index (χ0n) is 7.36. The van der Waals surface area contributed by atoms with Crippen molar-refractivity contribution in [3.63, 3.8) is 0 Å². The Labute approximate surface area is 85.8 Å². The highest BCUT2D eigenvalue weighted by atomic mass is 32.1. The van der Waals surface area contributed by atoms with Crippen LogP contribution in [0.4, 0.5) is 0 Å². The average molecular weight is 207 g/mol. The van der Waals surface area contributed by atoms with Gasteiger partial charge in [-0.15, -0.1) is 5.10 Å². The number of hydrogen-bond donors (Lipinski definition) is 2. The maximum absolute atomic E-state index is 5.52. The third-order valence-corrected chi connectivity index (χ3v) is 2.02. The van der Waals surface area contributed by atoms with Crippen LogP contribution in [0.1, 0.15) is 5.56 Å². The molecule has 0 bridgehead atoms. The van der Waals surface area contributed by atoms with Gasteiger partial charge in [0.15, 0.2) is 0 Å². The van der Waals surface area contributed by atoms with Gasteiger partial charge in [0.25, 0.3) is 4.84 Å². The predicted molar refractivity (Wildman–Crippen MR) is 55.0 cm³/mol. The van der Waals surface area contributed by atoms with Crippen molar-refractivity contribution in [2.24, 2.45) is 5.73 Å². The van der Waals surface area contributed by atoms with E-state index in [1.165, 1.54) is 0 Å². The van der Waals surface area contributed by atoms with Gasteiger partial charge in [-0.25, -0.2) is 5.10 Å². The highest BCUT2D eigenvalue weighted by molar-refractivity contribution is 7.71. The lowest BCUT2D eigenvalue weighted by atomic mass is 10.1. The molecule has 0 fully saturated rings. The van der Waals surface area contributed by atoms with E-state index in [-0.39, 0.29) is 4.84 Å². The van der Waals surface area contributed by atoms with Crippen LogP contribution in [0.25, 0.3) is 11.5 Å². The molecule has 0 unspecified atom stereocenters. The maximum Gasteiger partial charge on any atom is 0.284 e. The molecular formula is C9H9N3OS. The van der Waals surface area contributed by atoms with Gasteiger partial charge in [-0.3, -0.25) is 0 Å². The largest absolute Gasteiger partial charge is 0.409 e. The minimum atomic E-state index is 0.276. The summed E-state index contributed by atoms with van der Waals surface area (Å²) in [5.74, 6) is 0.491. The van der Waals surface area contributed by atoms with Gasteiger partial charge in [0.2, 0.25) is 5.89 Å². The summed E-state index contributed by atoms with van der Waals surface area (Å²) in [6, 6.07) is 7.68. The fourth-order valence-electron chi connectivity index (χ4n) is 1.18. The summed E-state index contributed by atoms with van der Waals surface area (Å²) in [5, 5.41) is 6.50. The molecule has 0 aliphatic heterocycles. The molecule has 72 valence electrons. The standard InChI is InChI=1S/C9H9N3OS/c10-5-6-2-1-3-7(4-6)8-11-12-9(14)13-8/h1-4H,5,10H2,(H,12,14). The van der Waals surface area contributed by atoms with E-state index in [0.717, 1.165) is 11.1 Å². The number of aromatic amines is 1. The van der Waals surface area contributed by atoms with Crippen molar-refractivity contribution in [3.05, 3.63) is 34.7 Å². The fourth-order valence-corrected chi connectivity index (χ4v) is 1.31. The average Bonchev–Trinajstić information content (AvgIpc) is 2.65. The van der Waals surface area contributed by atoms with Crippen LogP contribution in [0.2, 0.25) is 0 Å². The predicted octanol–water partition coefficient (Wildman–Crippen LogP) is 1.86. The van der Waals surface area contributed by atoms with E-state index < -0.39 is 0 Å². The molecule has 2 aromatic rings. The number of benzene rings is 1. The van der Waals surface area contributed by atoms with E-state index >= 15 is 0 Å². The monoisotopic (exact) mass is 207 g/mol. The zero-order chi connectivity index (χ0) is 9.97. The number of nitrogens with two attached hydrogens (primary N) is 1. The van der Waals surface area contributed by atoms with Gasteiger partial charge in [-0.05, 0) is 29.9 Å². The second-order valence-electron chi connectivity index (χ2n) is 2.82. The lowest BCUT2D eigenvalue weighted by molar-refractivity contribution is 0.552. The van der Waals surface area contributed by atoms with Gasteiger partial charge in [-0.1, -0.05) is 12.1 Å². The van der Waals surface area contributed by atoms with Gasteiger partial charge in [0.05, 0.1) is 0 Å². The van der Waals surface area contributed by atoms with Gasteiger partial charge in [0.1, 0.15) is 0 Å². The third kappa shape index (κ3) is 1.73. The van der Waals surface area contributed by atoms with Crippen LogP contribution in [0.3, 0.4) is 0 Å². The SMILES string of the molecule is NCc1cccc(-c2n[nH]c(=S)o2)c1. The first kappa shape index (κ1) is 9.11. The van der Waals surface area contributed by atoms with E-state index in [1.807, 2.05) is 24.3 Å². The highest BCUT2D eigenvalue weighted by Gasteiger charge is 2.03. The number of nitrogens with one attached hydrogen (secondary N) is 1. The summed E-state index contributed by atoms with van der Waals surface area (Å²) in [6.45, 7) is 0.499. The minimum Gasteiger partial charge on any atom is -0.409 e. The quantitative estimate of drug-likeness (QED) is 0.737. The minimum absolute atomic E-state index is 0.276. The molecule has 1 heterocycles. The van der Waals surface area contributed by atoms with Crippen LogP contribution in [-0.2, 0) is 6.54 Å². The van der Waals surface area contributed by atoms with E-state index in [9.17, 15) is 0 Å². The third-order valence-electron chi connectivity index (χ3n) is 1.85. The molecule has 1 aromatic carbocycles. The number of nitrogens with zero attached hydrogens (tertiary/aromatic N) is 1. The van der Waals surface area contributed by atoms with Crippen molar-refractivity contribution in [2.45, 2.75) is 6.54 Å². The fraction of sp³-hybridized carbons (Fsp3) is 0.111. The van der Waals surface area contributed by atoms with E-state index in [4.69, 9.17) is 22.4 Å². The molecule has 14 heavy (non-hydrogen) atoms. The Bertz CT molecular complexity index is 489. The first-order valence-corrected chi connectivity index (χ1v) is 4.55. The second-order valence-corrected chi connectivity index (χ2v) is 3.19. The number of rotatable bonds is 2.